The van der Waals surface area contributed by atoms with Crippen molar-refractivity contribution >= 4 is 28.2 Å². The number of fused-ring (bicyclic) bond motifs is 1. The second kappa shape index (κ2) is 16.3. The van der Waals surface area contributed by atoms with Crippen LogP contribution < -0.4 is 23.7 Å². The Kier molecular flexibility index (Phi) is 10.5. The van der Waals surface area contributed by atoms with Crippen LogP contribution in [0, 0.1) is 20.2 Å². The largest absolute Gasteiger partial charge is 0.482 e. The quantitative estimate of drug-likeness (QED) is 0.0452. The van der Waals surface area contributed by atoms with Gasteiger partial charge in [0.05, 0.1) is 15.4 Å². The van der Waals surface area contributed by atoms with Crippen molar-refractivity contribution in [2.75, 3.05) is 0 Å². The average molecular weight is 736 g/mol. The highest BCUT2D eigenvalue weighted by Crippen LogP contribution is 2.38. The highest BCUT2D eigenvalue weighted by Gasteiger charge is 2.21. The molecule has 0 N–H and O–H groups in total. The number of aromatic nitrogens is 1. The van der Waals surface area contributed by atoms with Crippen molar-refractivity contribution < 1.29 is 38.3 Å². The minimum absolute atomic E-state index is 0.0189. The van der Waals surface area contributed by atoms with Gasteiger partial charge in [0.15, 0.2) is 5.75 Å². The minimum Gasteiger partial charge on any atom is -0.482 e. The third-order valence-corrected chi connectivity index (χ3v) is 8.12. The van der Waals surface area contributed by atoms with Crippen LogP contribution in [0.1, 0.15) is 21.5 Å². The molecule has 0 aliphatic carbocycles. The third-order valence-electron chi connectivity index (χ3n) is 8.12. The molecule has 0 unspecified atom stereocenters. The van der Waals surface area contributed by atoms with Crippen molar-refractivity contribution in [1.29, 1.82) is 0 Å². The molecule has 0 bridgehead atoms. The zero-order valence-corrected chi connectivity index (χ0v) is 28.8. The van der Waals surface area contributed by atoms with E-state index in [9.17, 15) is 25.0 Å². The first kappa shape index (κ1) is 35.6. The number of carbonyl (C=O) groups is 1. The average Bonchev–Trinajstić information content (AvgIpc) is 3.20. The Labute approximate surface area is 313 Å². The summed E-state index contributed by atoms with van der Waals surface area (Å²) >= 11 is 0. The zero-order valence-electron chi connectivity index (χ0n) is 28.8. The molecule has 0 fully saturated rings. The Bertz CT molecular complexity index is 2380. The fraction of sp³-hybridized carbons (Fsp3) is 0.0476. The minimum atomic E-state index is -0.764. The lowest BCUT2D eigenvalue weighted by atomic mass is 10.2. The number of esters is 1. The molecular formula is C42H29N3O10. The number of hydrogen-bond acceptors (Lipinski definition) is 11. The number of pyridine rings is 1. The molecular weight excluding hydrogens is 706 g/mol. The molecule has 6 aromatic carbocycles. The Morgan fingerprint density at radius 2 is 1.07 bits per heavy atom. The van der Waals surface area contributed by atoms with Crippen molar-refractivity contribution in [3.8, 4) is 40.2 Å². The van der Waals surface area contributed by atoms with E-state index in [1.807, 2.05) is 72.8 Å². The van der Waals surface area contributed by atoms with Gasteiger partial charge in [-0.05, 0) is 47.5 Å². The molecule has 0 aliphatic rings. The monoisotopic (exact) mass is 735 g/mol. The maximum Gasteiger partial charge on any atom is 0.343 e. The van der Waals surface area contributed by atoms with Crippen molar-refractivity contribution in [3.63, 3.8) is 0 Å². The van der Waals surface area contributed by atoms with Gasteiger partial charge in [-0.15, -0.1) is 0 Å². The van der Waals surface area contributed by atoms with Crippen LogP contribution in [0.3, 0.4) is 0 Å². The number of nitrogens with zero attached hydrogens (tertiary/aromatic N) is 3. The summed E-state index contributed by atoms with van der Waals surface area (Å²) in [6.07, 6.45) is 1.59. The van der Waals surface area contributed by atoms with E-state index in [1.165, 1.54) is 54.6 Å². The number of rotatable bonds is 14. The highest BCUT2D eigenvalue weighted by atomic mass is 16.6. The number of hydrogen-bond donors (Lipinski definition) is 0. The number of nitro groups is 2. The first-order chi connectivity index (χ1) is 26.8. The van der Waals surface area contributed by atoms with Gasteiger partial charge in [-0.1, -0.05) is 78.9 Å². The SMILES string of the molecule is O=C(Oc1cccc2cccnc12)c1cc(Oc2ccc([N+](=O)[O-])c(OCc3ccccc3)c2)cc(Oc2ccc([N+](=O)[O-])c(OCc3ccccc3)c2)c1. The first-order valence-corrected chi connectivity index (χ1v) is 16.8. The molecule has 272 valence electrons. The fourth-order valence-corrected chi connectivity index (χ4v) is 5.52. The Morgan fingerprint density at radius 3 is 1.60 bits per heavy atom. The zero-order chi connectivity index (χ0) is 38.1. The van der Waals surface area contributed by atoms with Gasteiger partial charge in [0.25, 0.3) is 0 Å². The van der Waals surface area contributed by atoms with Gasteiger partial charge >= 0.3 is 17.3 Å². The van der Waals surface area contributed by atoms with E-state index >= 15 is 0 Å². The fourth-order valence-electron chi connectivity index (χ4n) is 5.52. The number of para-hydroxylation sites is 1. The second-order valence-electron chi connectivity index (χ2n) is 11.9. The van der Waals surface area contributed by atoms with Crippen LogP contribution in [0.25, 0.3) is 10.9 Å². The van der Waals surface area contributed by atoms with Crippen molar-refractivity contribution in [3.05, 3.63) is 189 Å². The molecule has 0 saturated heterocycles. The lowest BCUT2D eigenvalue weighted by Gasteiger charge is -2.14. The van der Waals surface area contributed by atoms with Gasteiger partial charge in [-0.25, -0.2) is 4.79 Å². The van der Waals surface area contributed by atoms with Gasteiger partial charge in [-0.3, -0.25) is 25.2 Å². The van der Waals surface area contributed by atoms with Gasteiger partial charge in [-0.2, -0.15) is 0 Å². The Hall–Kier alpha value is -7.80. The van der Waals surface area contributed by atoms with Crippen molar-refractivity contribution in [2.45, 2.75) is 13.2 Å². The molecule has 55 heavy (non-hydrogen) atoms. The van der Waals surface area contributed by atoms with Gasteiger partial charge in [0, 0.05) is 41.9 Å². The van der Waals surface area contributed by atoms with Crippen LogP contribution in [0.5, 0.6) is 40.2 Å². The summed E-state index contributed by atoms with van der Waals surface area (Å²) in [6.45, 7) is 0.138. The van der Waals surface area contributed by atoms with Crippen LogP contribution in [0.2, 0.25) is 0 Å². The summed E-state index contributed by atoms with van der Waals surface area (Å²) in [6, 6.07) is 39.5. The third kappa shape index (κ3) is 8.81. The molecule has 0 saturated carbocycles. The van der Waals surface area contributed by atoms with Crippen LogP contribution in [-0.2, 0) is 13.2 Å². The second-order valence-corrected chi connectivity index (χ2v) is 11.9. The molecule has 0 aliphatic heterocycles. The van der Waals surface area contributed by atoms with E-state index in [0.29, 0.717) is 5.52 Å². The first-order valence-electron chi connectivity index (χ1n) is 16.8. The maximum absolute atomic E-state index is 13.7. The van der Waals surface area contributed by atoms with Crippen LogP contribution in [-0.4, -0.2) is 20.8 Å². The van der Waals surface area contributed by atoms with Gasteiger partial charge in [0.1, 0.15) is 41.7 Å². The smallest absolute Gasteiger partial charge is 0.343 e. The predicted octanol–water partition coefficient (Wildman–Crippen LogP) is 10.0. The topological polar surface area (TPSA) is 162 Å². The van der Waals surface area contributed by atoms with E-state index in [-0.39, 0.29) is 70.4 Å². The molecule has 0 radical (unpaired) electrons. The lowest BCUT2D eigenvalue weighted by Crippen LogP contribution is -2.09. The molecule has 7 aromatic rings. The molecule has 1 aromatic heterocycles. The summed E-state index contributed by atoms with van der Waals surface area (Å²) in [5, 5.41) is 24.4. The molecule has 0 atom stereocenters. The van der Waals surface area contributed by atoms with Crippen molar-refractivity contribution in [2.24, 2.45) is 0 Å². The predicted molar refractivity (Wildman–Crippen MR) is 201 cm³/mol. The van der Waals surface area contributed by atoms with Crippen molar-refractivity contribution in [1.82, 2.24) is 4.98 Å². The van der Waals surface area contributed by atoms with E-state index in [4.69, 9.17) is 23.7 Å². The highest BCUT2D eigenvalue weighted by molar-refractivity contribution is 5.95. The summed E-state index contributed by atoms with van der Waals surface area (Å²) in [4.78, 5) is 40.6. The summed E-state index contributed by atoms with van der Waals surface area (Å²) < 4.78 is 29.7. The standard InChI is InChI=1S/C42H29N3O10/c46-42(55-38-15-7-13-30-14-8-20-43-41(30)38)31-21-34(53-32-16-18-36(44(47)48)39(24-32)51-26-28-9-3-1-4-10-28)23-35(22-31)54-33-17-19-37(45(49)50)40(25-33)52-27-29-11-5-2-6-12-29/h1-25H,26-27H2. The number of ether oxygens (including phenoxy) is 5. The maximum atomic E-state index is 13.7. The summed E-state index contributed by atoms with van der Waals surface area (Å²) in [5.41, 5.74) is 1.57. The molecule has 13 nitrogen and oxygen atoms in total. The Morgan fingerprint density at radius 1 is 0.545 bits per heavy atom. The Balaban J connectivity index is 1.21. The van der Waals surface area contributed by atoms with Gasteiger partial charge < -0.3 is 23.7 Å². The van der Waals surface area contributed by atoms with Crippen LogP contribution in [0.4, 0.5) is 11.4 Å². The number of nitro benzene ring substituents is 2. The van der Waals surface area contributed by atoms with Gasteiger partial charge in [0.2, 0.25) is 11.5 Å². The molecule has 13 heteroatoms. The number of benzene rings is 6. The molecule has 0 spiro atoms. The van der Waals surface area contributed by atoms with E-state index in [0.717, 1.165) is 16.5 Å². The summed E-state index contributed by atoms with van der Waals surface area (Å²) in [7, 11) is 0. The molecule has 0 amide bonds. The molecule has 1 heterocycles. The van der Waals surface area contributed by atoms with Crippen LogP contribution >= 0.6 is 0 Å². The van der Waals surface area contributed by atoms with E-state index in [1.54, 1.807) is 24.4 Å². The van der Waals surface area contributed by atoms with E-state index in [2.05, 4.69) is 4.98 Å². The summed E-state index contributed by atoms with van der Waals surface area (Å²) in [5.74, 6) is -0.0727. The molecule has 7 rings (SSSR count). The van der Waals surface area contributed by atoms with E-state index < -0.39 is 15.8 Å². The normalized spacial score (nSPS) is 10.7. The lowest BCUT2D eigenvalue weighted by molar-refractivity contribution is -0.386. The number of carbonyl (C=O) groups excluding carboxylic acids is 1. The van der Waals surface area contributed by atoms with Crippen LogP contribution in [0.15, 0.2) is 152 Å².